The Labute approximate surface area is 260 Å². The van der Waals surface area contributed by atoms with Crippen LogP contribution in [0.2, 0.25) is 0 Å². The van der Waals surface area contributed by atoms with Crippen LogP contribution in [0.15, 0.2) is 142 Å². The van der Waals surface area contributed by atoms with Gasteiger partial charge in [0.15, 0.2) is 0 Å². The molecule has 0 saturated carbocycles. The van der Waals surface area contributed by atoms with Crippen molar-refractivity contribution in [2.45, 2.75) is 19.3 Å². The summed E-state index contributed by atoms with van der Waals surface area (Å²) in [5.41, 5.74) is 11.6. The van der Waals surface area contributed by atoms with Gasteiger partial charge in [-0.2, -0.15) is 0 Å². The van der Waals surface area contributed by atoms with Gasteiger partial charge in [-0.25, -0.2) is 0 Å². The Morgan fingerprint density at radius 1 is 0.444 bits per heavy atom. The highest BCUT2D eigenvalue weighted by molar-refractivity contribution is 6.23. The third kappa shape index (κ3) is 3.29. The van der Waals surface area contributed by atoms with E-state index >= 15 is 0 Å². The lowest BCUT2D eigenvalue weighted by atomic mass is 9.82. The van der Waals surface area contributed by atoms with Crippen LogP contribution in [0.4, 0.5) is 0 Å². The predicted octanol–water partition coefficient (Wildman–Crippen LogP) is 12.3. The molecule has 9 aromatic rings. The molecule has 0 amide bonds. The van der Waals surface area contributed by atoms with E-state index in [-0.39, 0.29) is 5.41 Å². The molecule has 0 atom stereocenters. The molecule has 0 unspecified atom stereocenters. The van der Waals surface area contributed by atoms with Crippen molar-refractivity contribution in [3.05, 3.63) is 145 Å². The van der Waals surface area contributed by atoms with Gasteiger partial charge in [-0.15, -0.1) is 0 Å². The smallest absolute Gasteiger partial charge is 0.136 e. The van der Waals surface area contributed by atoms with Gasteiger partial charge in [-0.05, 0) is 85.3 Å². The van der Waals surface area contributed by atoms with Gasteiger partial charge in [0.05, 0.1) is 0 Å². The van der Waals surface area contributed by atoms with Crippen molar-refractivity contribution in [1.82, 2.24) is 0 Å². The lowest BCUT2D eigenvalue weighted by Gasteiger charge is -2.21. The van der Waals surface area contributed by atoms with E-state index < -0.39 is 0 Å². The molecule has 7 aromatic carbocycles. The average Bonchev–Trinajstić information content (AvgIpc) is 3.73. The van der Waals surface area contributed by atoms with Crippen LogP contribution in [-0.4, -0.2) is 0 Å². The molecule has 0 fully saturated rings. The Kier molecular flexibility index (Phi) is 4.82. The molecule has 0 bridgehead atoms. The minimum Gasteiger partial charge on any atom is -0.456 e. The third-order valence-electron chi connectivity index (χ3n) is 10.1. The van der Waals surface area contributed by atoms with Crippen molar-refractivity contribution in [2.75, 3.05) is 0 Å². The maximum atomic E-state index is 6.52. The lowest BCUT2D eigenvalue weighted by Crippen LogP contribution is -2.14. The molecule has 1 aliphatic rings. The molecule has 1 aliphatic carbocycles. The Morgan fingerprint density at radius 3 is 1.84 bits per heavy atom. The fourth-order valence-corrected chi connectivity index (χ4v) is 8.03. The molecule has 2 aromatic heterocycles. The van der Waals surface area contributed by atoms with Crippen LogP contribution in [0.1, 0.15) is 25.0 Å². The number of para-hydroxylation sites is 1. The van der Waals surface area contributed by atoms with E-state index in [2.05, 4.69) is 135 Å². The van der Waals surface area contributed by atoms with E-state index in [0.717, 1.165) is 38.8 Å². The summed E-state index contributed by atoms with van der Waals surface area (Å²) in [6.07, 6.45) is 0. The zero-order chi connectivity index (χ0) is 29.9. The first kappa shape index (κ1) is 24.8. The van der Waals surface area contributed by atoms with Crippen LogP contribution in [-0.2, 0) is 5.41 Å². The molecule has 0 radical (unpaired) electrons. The van der Waals surface area contributed by atoms with Crippen molar-refractivity contribution in [3.63, 3.8) is 0 Å². The van der Waals surface area contributed by atoms with E-state index in [1.165, 1.54) is 60.3 Å². The van der Waals surface area contributed by atoms with Gasteiger partial charge in [-0.1, -0.05) is 117 Å². The summed E-state index contributed by atoms with van der Waals surface area (Å²) in [4.78, 5) is 0. The number of furan rings is 2. The SMILES string of the molecule is CC1(C)c2ccccc2-c2c1ccc1oc3ccc(-c4c5ccccc5c(-c5cc6ccccc6o5)c5ccccc45)cc3c21. The minimum atomic E-state index is -0.0692. The standard InChI is InChI=1S/C43H28O2/c1-43(2)33-17-9-8-16-31(33)41-34(43)20-22-37-42(41)32-23-26(19-21-36(32)45-37)39-27-12-4-6-14-29(27)40(30-15-7-5-13-28(30)39)38-24-25-11-3-10-18-35(25)44-38/h3-24H,1-2H3. The number of fused-ring (bicyclic) bond motifs is 10. The first-order valence-corrected chi connectivity index (χ1v) is 15.6. The lowest BCUT2D eigenvalue weighted by molar-refractivity contribution is 0.633. The maximum absolute atomic E-state index is 6.52. The van der Waals surface area contributed by atoms with Gasteiger partial charge in [0.2, 0.25) is 0 Å². The first-order chi connectivity index (χ1) is 22.1. The second kappa shape index (κ2) is 8.74. The largest absolute Gasteiger partial charge is 0.456 e. The number of rotatable bonds is 2. The molecule has 0 N–H and O–H groups in total. The first-order valence-electron chi connectivity index (χ1n) is 15.6. The van der Waals surface area contributed by atoms with Crippen LogP contribution >= 0.6 is 0 Å². The summed E-state index contributed by atoms with van der Waals surface area (Å²) in [6.45, 7) is 4.66. The Morgan fingerprint density at radius 2 is 1.09 bits per heavy atom. The quantitative estimate of drug-likeness (QED) is 0.191. The maximum Gasteiger partial charge on any atom is 0.136 e. The monoisotopic (exact) mass is 576 g/mol. The van der Waals surface area contributed by atoms with Crippen molar-refractivity contribution in [3.8, 4) is 33.6 Å². The van der Waals surface area contributed by atoms with Crippen molar-refractivity contribution in [2.24, 2.45) is 0 Å². The van der Waals surface area contributed by atoms with Crippen molar-refractivity contribution >= 4 is 54.5 Å². The highest BCUT2D eigenvalue weighted by Crippen LogP contribution is 2.53. The molecule has 10 rings (SSSR count). The van der Waals surface area contributed by atoms with E-state index in [0.29, 0.717) is 0 Å². The van der Waals surface area contributed by atoms with E-state index in [9.17, 15) is 0 Å². The summed E-state index contributed by atoms with van der Waals surface area (Å²) in [5, 5.41) is 8.24. The predicted molar refractivity (Wildman–Crippen MR) is 187 cm³/mol. The van der Waals surface area contributed by atoms with Crippen LogP contribution in [0, 0.1) is 0 Å². The summed E-state index contributed by atoms with van der Waals surface area (Å²) in [6, 6.07) is 47.9. The summed E-state index contributed by atoms with van der Waals surface area (Å²) >= 11 is 0. The van der Waals surface area contributed by atoms with Gasteiger partial charge < -0.3 is 8.83 Å². The van der Waals surface area contributed by atoms with Gasteiger partial charge in [0.1, 0.15) is 22.5 Å². The molecule has 212 valence electrons. The summed E-state index contributed by atoms with van der Waals surface area (Å²) in [7, 11) is 0. The van der Waals surface area contributed by atoms with Crippen LogP contribution in [0.25, 0.3) is 88.0 Å². The van der Waals surface area contributed by atoms with E-state index in [1.54, 1.807) is 0 Å². The van der Waals surface area contributed by atoms with Crippen molar-refractivity contribution in [1.29, 1.82) is 0 Å². The van der Waals surface area contributed by atoms with Crippen molar-refractivity contribution < 1.29 is 8.83 Å². The normalized spacial score (nSPS) is 13.7. The molecule has 0 aliphatic heterocycles. The number of hydrogen-bond donors (Lipinski definition) is 0. The van der Waals surface area contributed by atoms with Gasteiger partial charge in [0.25, 0.3) is 0 Å². The molecule has 0 saturated heterocycles. The van der Waals surface area contributed by atoms with Gasteiger partial charge >= 0.3 is 0 Å². The number of benzene rings is 7. The fraction of sp³-hybridized carbons (Fsp3) is 0.0698. The molecular weight excluding hydrogens is 548 g/mol. The second-order valence-electron chi connectivity index (χ2n) is 12.8. The zero-order valence-electron chi connectivity index (χ0n) is 25.0. The molecule has 2 heterocycles. The van der Waals surface area contributed by atoms with Crippen LogP contribution in [0.3, 0.4) is 0 Å². The van der Waals surface area contributed by atoms with Crippen LogP contribution in [0.5, 0.6) is 0 Å². The highest BCUT2D eigenvalue weighted by Gasteiger charge is 2.37. The van der Waals surface area contributed by atoms with Gasteiger partial charge in [-0.3, -0.25) is 0 Å². The second-order valence-corrected chi connectivity index (χ2v) is 12.8. The highest BCUT2D eigenvalue weighted by atomic mass is 16.3. The Hall–Kier alpha value is -5.60. The summed E-state index contributed by atoms with van der Waals surface area (Å²) < 4.78 is 13.0. The molecule has 2 heteroatoms. The molecule has 2 nitrogen and oxygen atoms in total. The topological polar surface area (TPSA) is 26.3 Å². The van der Waals surface area contributed by atoms with E-state index in [1.807, 2.05) is 12.1 Å². The fourth-order valence-electron chi connectivity index (χ4n) is 8.03. The molecule has 0 spiro atoms. The average molecular weight is 577 g/mol. The Bertz CT molecular complexity index is 2590. The minimum absolute atomic E-state index is 0.0692. The Balaban J connectivity index is 1.30. The van der Waals surface area contributed by atoms with Gasteiger partial charge in [0, 0.05) is 27.1 Å². The molecular formula is C43H28O2. The zero-order valence-corrected chi connectivity index (χ0v) is 25.0. The van der Waals surface area contributed by atoms with E-state index in [4.69, 9.17) is 8.83 Å². The van der Waals surface area contributed by atoms with Crippen LogP contribution < -0.4 is 0 Å². The third-order valence-corrected chi connectivity index (χ3v) is 10.1. The molecule has 45 heavy (non-hydrogen) atoms. The number of hydrogen-bond acceptors (Lipinski definition) is 2. The summed E-state index contributed by atoms with van der Waals surface area (Å²) in [5.74, 6) is 0.892.